The number of carboxylic acids is 1. The summed E-state index contributed by atoms with van der Waals surface area (Å²) < 4.78 is 0. The summed E-state index contributed by atoms with van der Waals surface area (Å²) in [5, 5.41) is 12.9. The Balaban J connectivity index is 1.84. The zero-order valence-corrected chi connectivity index (χ0v) is 11.4. The lowest BCUT2D eigenvalue weighted by Gasteiger charge is -2.04. The Kier molecular flexibility index (Phi) is 3.12. The molecule has 98 valence electrons. The highest BCUT2D eigenvalue weighted by Crippen LogP contribution is 2.33. The molecule has 0 amide bonds. The standard InChI is InChI=1S/C12H10ClN3O2S/c13-7-4-6(11(17)18)5-14-10(7)16-12-15-8-2-1-3-9(8)19-12/h4-5H,1-3H2,(H,17,18)(H,14,15,16). The molecule has 2 aromatic rings. The van der Waals surface area contributed by atoms with Crippen LogP contribution in [0.5, 0.6) is 0 Å². The second-order valence-corrected chi connectivity index (χ2v) is 5.72. The Morgan fingerprint density at radius 3 is 3.00 bits per heavy atom. The molecule has 0 aromatic carbocycles. The van der Waals surface area contributed by atoms with Crippen LogP contribution in [-0.4, -0.2) is 21.0 Å². The number of thiazole rings is 1. The summed E-state index contributed by atoms with van der Waals surface area (Å²) in [5.41, 5.74) is 1.21. The molecule has 19 heavy (non-hydrogen) atoms. The SMILES string of the molecule is O=C(O)c1cnc(Nc2nc3c(s2)CCC3)c(Cl)c1. The number of hydrogen-bond donors (Lipinski definition) is 2. The molecule has 0 saturated carbocycles. The molecule has 0 radical (unpaired) electrons. The predicted molar refractivity (Wildman–Crippen MR) is 73.6 cm³/mol. The third-order valence-electron chi connectivity index (χ3n) is 2.91. The number of aryl methyl sites for hydroxylation is 2. The monoisotopic (exact) mass is 295 g/mol. The average Bonchev–Trinajstić information content (AvgIpc) is 2.92. The van der Waals surface area contributed by atoms with E-state index in [1.807, 2.05) is 0 Å². The summed E-state index contributed by atoms with van der Waals surface area (Å²) in [6, 6.07) is 1.38. The average molecular weight is 296 g/mol. The van der Waals surface area contributed by atoms with Crippen molar-refractivity contribution in [3.8, 4) is 0 Å². The minimum absolute atomic E-state index is 0.0668. The van der Waals surface area contributed by atoms with Crippen molar-refractivity contribution in [3.05, 3.63) is 33.4 Å². The Hall–Kier alpha value is -1.66. The van der Waals surface area contributed by atoms with Crippen LogP contribution in [0.25, 0.3) is 0 Å². The lowest BCUT2D eigenvalue weighted by molar-refractivity contribution is 0.0696. The smallest absolute Gasteiger partial charge is 0.337 e. The van der Waals surface area contributed by atoms with Crippen LogP contribution < -0.4 is 5.32 Å². The van der Waals surface area contributed by atoms with Gasteiger partial charge in [-0.15, -0.1) is 11.3 Å². The van der Waals surface area contributed by atoms with Gasteiger partial charge < -0.3 is 10.4 Å². The molecule has 1 aliphatic carbocycles. The first-order valence-electron chi connectivity index (χ1n) is 5.78. The largest absolute Gasteiger partial charge is 0.478 e. The fourth-order valence-electron chi connectivity index (χ4n) is 1.99. The van der Waals surface area contributed by atoms with Gasteiger partial charge in [0, 0.05) is 11.1 Å². The van der Waals surface area contributed by atoms with Crippen LogP contribution >= 0.6 is 22.9 Å². The Morgan fingerprint density at radius 1 is 1.47 bits per heavy atom. The lowest BCUT2D eigenvalue weighted by Crippen LogP contribution is -2.00. The molecular weight excluding hydrogens is 286 g/mol. The molecule has 0 bridgehead atoms. The van der Waals surface area contributed by atoms with E-state index in [1.54, 1.807) is 11.3 Å². The zero-order valence-electron chi connectivity index (χ0n) is 9.81. The molecule has 1 aliphatic rings. The van der Waals surface area contributed by atoms with E-state index in [4.69, 9.17) is 16.7 Å². The normalized spacial score (nSPS) is 13.3. The number of rotatable bonds is 3. The second kappa shape index (κ2) is 4.79. The van der Waals surface area contributed by atoms with Crippen molar-refractivity contribution >= 4 is 39.9 Å². The van der Waals surface area contributed by atoms with Gasteiger partial charge in [0.25, 0.3) is 0 Å². The number of nitrogens with one attached hydrogen (secondary N) is 1. The van der Waals surface area contributed by atoms with Crippen molar-refractivity contribution in [3.63, 3.8) is 0 Å². The highest BCUT2D eigenvalue weighted by Gasteiger charge is 2.17. The number of aromatic nitrogens is 2. The maximum Gasteiger partial charge on any atom is 0.337 e. The molecule has 0 atom stereocenters. The van der Waals surface area contributed by atoms with Gasteiger partial charge in [-0.2, -0.15) is 0 Å². The zero-order chi connectivity index (χ0) is 13.4. The molecule has 5 nitrogen and oxygen atoms in total. The molecule has 0 saturated heterocycles. The number of fused-ring (bicyclic) bond motifs is 1. The number of nitrogens with zero attached hydrogens (tertiary/aromatic N) is 2. The summed E-state index contributed by atoms with van der Waals surface area (Å²) in [4.78, 5) is 20.6. The van der Waals surface area contributed by atoms with Crippen LogP contribution in [0.3, 0.4) is 0 Å². The van der Waals surface area contributed by atoms with Crippen molar-refractivity contribution in [2.75, 3.05) is 5.32 Å². The fourth-order valence-corrected chi connectivity index (χ4v) is 3.25. The highest BCUT2D eigenvalue weighted by molar-refractivity contribution is 7.15. The van der Waals surface area contributed by atoms with E-state index in [-0.39, 0.29) is 10.6 Å². The minimum Gasteiger partial charge on any atom is -0.478 e. The minimum atomic E-state index is -1.05. The second-order valence-electron chi connectivity index (χ2n) is 4.23. The number of carbonyl (C=O) groups is 1. The van der Waals surface area contributed by atoms with Crippen LogP contribution in [0.4, 0.5) is 10.9 Å². The van der Waals surface area contributed by atoms with Crippen molar-refractivity contribution in [1.29, 1.82) is 0 Å². The Labute approximate surface area is 118 Å². The van der Waals surface area contributed by atoms with E-state index in [9.17, 15) is 4.79 Å². The summed E-state index contributed by atoms with van der Waals surface area (Å²) >= 11 is 7.61. The van der Waals surface area contributed by atoms with Gasteiger partial charge in [0.15, 0.2) is 10.9 Å². The maximum absolute atomic E-state index is 10.8. The molecule has 0 aliphatic heterocycles. The first-order valence-corrected chi connectivity index (χ1v) is 6.97. The quantitative estimate of drug-likeness (QED) is 0.910. The third-order valence-corrected chi connectivity index (χ3v) is 4.27. The summed E-state index contributed by atoms with van der Waals surface area (Å²) in [6.45, 7) is 0. The molecule has 0 spiro atoms. The maximum atomic E-state index is 10.8. The van der Waals surface area contributed by atoms with Crippen LogP contribution in [0.1, 0.15) is 27.3 Å². The van der Waals surface area contributed by atoms with Gasteiger partial charge in [-0.1, -0.05) is 11.6 Å². The van der Waals surface area contributed by atoms with E-state index in [2.05, 4.69) is 15.3 Å². The van der Waals surface area contributed by atoms with Gasteiger partial charge >= 0.3 is 5.97 Å². The van der Waals surface area contributed by atoms with E-state index in [0.29, 0.717) is 5.82 Å². The molecule has 7 heteroatoms. The summed E-state index contributed by atoms with van der Waals surface area (Å²) in [6.07, 6.45) is 4.54. The van der Waals surface area contributed by atoms with Crippen LogP contribution in [0.15, 0.2) is 12.3 Å². The van der Waals surface area contributed by atoms with E-state index < -0.39 is 5.97 Å². The van der Waals surface area contributed by atoms with Crippen molar-refractivity contribution < 1.29 is 9.90 Å². The molecule has 2 heterocycles. The predicted octanol–water partition coefficient (Wildman–Crippen LogP) is 3.12. The van der Waals surface area contributed by atoms with Gasteiger partial charge in [0.05, 0.1) is 16.3 Å². The number of carboxylic acid groups (broad SMARTS) is 1. The van der Waals surface area contributed by atoms with Gasteiger partial charge in [-0.25, -0.2) is 14.8 Å². The lowest BCUT2D eigenvalue weighted by atomic mass is 10.3. The van der Waals surface area contributed by atoms with Crippen molar-refractivity contribution in [1.82, 2.24) is 9.97 Å². The number of pyridine rings is 1. The number of halogens is 1. The van der Waals surface area contributed by atoms with Crippen LogP contribution in [0.2, 0.25) is 5.02 Å². The molecular formula is C12H10ClN3O2S. The van der Waals surface area contributed by atoms with Crippen molar-refractivity contribution in [2.45, 2.75) is 19.3 Å². The first kappa shape index (κ1) is 12.4. The third kappa shape index (κ3) is 2.41. The van der Waals surface area contributed by atoms with Gasteiger partial charge in [-0.05, 0) is 25.3 Å². The summed E-state index contributed by atoms with van der Waals surface area (Å²) in [7, 11) is 0. The van der Waals surface area contributed by atoms with E-state index in [0.717, 1.165) is 23.7 Å². The first-order chi connectivity index (χ1) is 9.13. The van der Waals surface area contributed by atoms with E-state index >= 15 is 0 Å². The topological polar surface area (TPSA) is 75.1 Å². The molecule has 2 N–H and O–H groups in total. The molecule has 0 unspecified atom stereocenters. The fraction of sp³-hybridized carbons (Fsp3) is 0.250. The summed E-state index contributed by atoms with van der Waals surface area (Å²) in [5.74, 6) is -0.617. The number of hydrogen-bond acceptors (Lipinski definition) is 5. The van der Waals surface area contributed by atoms with Gasteiger partial charge in [-0.3, -0.25) is 0 Å². The van der Waals surface area contributed by atoms with Gasteiger partial charge in [0.1, 0.15) is 0 Å². The number of aromatic carboxylic acids is 1. The molecule has 2 aromatic heterocycles. The number of anilines is 2. The highest BCUT2D eigenvalue weighted by atomic mass is 35.5. The van der Waals surface area contributed by atoms with Gasteiger partial charge in [0.2, 0.25) is 0 Å². The van der Waals surface area contributed by atoms with E-state index in [1.165, 1.54) is 23.6 Å². The van der Waals surface area contributed by atoms with Crippen LogP contribution in [0, 0.1) is 0 Å². The van der Waals surface area contributed by atoms with Crippen molar-refractivity contribution in [2.24, 2.45) is 0 Å². The van der Waals surface area contributed by atoms with Crippen LogP contribution in [-0.2, 0) is 12.8 Å². The molecule has 3 rings (SSSR count). The molecule has 0 fully saturated rings. The Bertz CT molecular complexity index is 635. The Morgan fingerprint density at radius 2 is 2.32 bits per heavy atom.